The Labute approximate surface area is 97.7 Å². The number of aryl methyl sites for hydroxylation is 2. The summed E-state index contributed by atoms with van der Waals surface area (Å²) in [5.74, 6) is 0. The van der Waals surface area contributed by atoms with E-state index in [9.17, 15) is 5.11 Å². The van der Waals surface area contributed by atoms with Crippen LogP contribution in [0.2, 0.25) is 0 Å². The van der Waals surface area contributed by atoms with Gasteiger partial charge in [-0.1, -0.05) is 13.3 Å². The lowest BCUT2D eigenvalue weighted by Gasteiger charge is -2.10. The largest absolute Gasteiger partial charge is 0.392 e. The molecule has 0 aliphatic rings. The molecule has 0 bridgehead atoms. The molecule has 0 aliphatic heterocycles. The Hall–Kier alpha value is -0.870. The molecule has 4 nitrogen and oxygen atoms in total. The summed E-state index contributed by atoms with van der Waals surface area (Å²) in [5.41, 5.74) is 3.50. The van der Waals surface area contributed by atoms with Crippen LogP contribution >= 0.6 is 0 Å². The van der Waals surface area contributed by atoms with E-state index in [4.69, 9.17) is 0 Å². The lowest BCUT2D eigenvalue weighted by atomic mass is 10.2. The Morgan fingerprint density at radius 1 is 1.44 bits per heavy atom. The van der Waals surface area contributed by atoms with Crippen LogP contribution in [-0.2, 0) is 13.6 Å². The summed E-state index contributed by atoms with van der Waals surface area (Å²) in [7, 11) is 1.96. The number of aliphatic hydroxyl groups is 1. The van der Waals surface area contributed by atoms with Gasteiger partial charge in [0.15, 0.2) is 0 Å². The van der Waals surface area contributed by atoms with Gasteiger partial charge in [-0.2, -0.15) is 5.10 Å². The second-order valence-corrected chi connectivity index (χ2v) is 4.35. The van der Waals surface area contributed by atoms with E-state index < -0.39 is 0 Å². The fourth-order valence-corrected chi connectivity index (χ4v) is 1.87. The van der Waals surface area contributed by atoms with E-state index in [1.54, 1.807) is 0 Å². The summed E-state index contributed by atoms with van der Waals surface area (Å²) in [6.07, 6.45) is 1.65. The summed E-state index contributed by atoms with van der Waals surface area (Å²) in [4.78, 5) is 0. The second-order valence-electron chi connectivity index (χ2n) is 4.35. The van der Waals surface area contributed by atoms with E-state index in [2.05, 4.69) is 24.3 Å². The van der Waals surface area contributed by atoms with E-state index in [-0.39, 0.29) is 6.10 Å². The standard InChI is InChI=1S/C12H23N3O/c1-5-6-11(16)7-13-8-12-9(2)14-15(4)10(12)3/h11,13,16H,5-8H2,1-4H3. The molecule has 92 valence electrons. The van der Waals surface area contributed by atoms with Gasteiger partial charge in [0.1, 0.15) is 0 Å². The first-order valence-corrected chi connectivity index (χ1v) is 5.94. The van der Waals surface area contributed by atoms with Gasteiger partial charge in [0, 0.05) is 31.4 Å². The minimum absolute atomic E-state index is 0.234. The fourth-order valence-electron chi connectivity index (χ4n) is 1.87. The van der Waals surface area contributed by atoms with Crippen LogP contribution in [0.1, 0.15) is 36.7 Å². The number of nitrogens with one attached hydrogen (secondary N) is 1. The summed E-state index contributed by atoms with van der Waals surface area (Å²) in [6, 6.07) is 0. The van der Waals surface area contributed by atoms with Gasteiger partial charge in [-0.3, -0.25) is 4.68 Å². The molecule has 0 aliphatic carbocycles. The number of aromatic nitrogens is 2. The zero-order valence-electron chi connectivity index (χ0n) is 10.7. The Morgan fingerprint density at radius 3 is 2.62 bits per heavy atom. The van der Waals surface area contributed by atoms with Crippen LogP contribution in [0.5, 0.6) is 0 Å². The molecule has 0 saturated carbocycles. The molecular formula is C12H23N3O. The molecule has 1 aromatic rings. The van der Waals surface area contributed by atoms with Crippen LogP contribution in [0.3, 0.4) is 0 Å². The predicted molar refractivity (Wildman–Crippen MR) is 65.3 cm³/mol. The molecule has 0 spiro atoms. The van der Waals surface area contributed by atoms with Crippen LogP contribution in [0.25, 0.3) is 0 Å². The third kappa shape index (κ3) is 3.32. The van der Waals surface area contributed by atoms with Gasteiger partial charge in [0.05, 0.1) is 11.8 Å². The fraction of sp³-hybridized carbons (Fsp3) is 0.750. The SMILES string of the molecule is CCCC(O)CNCc1c(C)nn(C)c1C. The van der Waals surface area contributed by atoms with Crippen LogP contribution in [0, 0.1) is 13.8 Å². The monoisotopic (exact) mass is 225 g/mol. The molecular weight excluding hydrogens is 202 g/mol. The molecule has 2 N–H and O–H groups in total. The van der Waals surface area contributed by atoms with Crippen LogP contribution in [0.15, 0.2) is 0 Å². The Balaban J connectivity index is 2.43. The van der Waals surface area contributed by atoms with Crippen molar-refractivity contribution in [3.63, 3.8) is 0 Å². The molecule has 1 rings (SSSR count). The van der Waals surface area contributed by atoms with E-state index >= 15 is 0 Å². The minimum Gasteiger partial charge on any atom is -0.392 e. The maximum absolute atomic E-state index is 9.59. The summed E-state index contributed by atoms with van der Waals surface area (Å²) in [6.45, 7) is 7.61. The highest BCUT2D eigenvalue weighted by molar-refractivity contribution is 5.23. The highest BCUT2D eigenvalue weighted by Gasteiger charge is 2.09. The van der Waals surface area contributed by atoms with Crippen LogP contribution in [0.4, 0.5) is 0 Å². The Morgan fingerprint density at radius 2 is 2.12 bits per heavy atom. The zero-order valence-corrected chi connectivity index (χ0v) is 10.7. The molecule has 0 fully saturated rings. The maximum Gasteiger partial charge on any atom is 0.0664 e. The lowest BCUT2D eigenvalue weighted by Crippen LogP contribution is -2.26. The number of nitrogens with zero attached hydrogens (tertiary/aromatic N) is 2. The quantitative estimate of drug-likeness (QED) is 0.767. The molecule has 1 heterocycles. The molecule has 4 heteroatoms. The van der Waals surface area contributed by atoms with Crippen molar-refractivity contribution in [2.45, 2.75) is 46.3 Å². The van der Waals surface area contributed by atoms with Crippen molar-refractivity contribution >= 4 is 0 Å². The lowest BCUT2D eigenvalue weighted by molar-refractivity contribution is 0.160. The molecule has 0 amide bonds. The van der Waals surface area contributed by atoms with Gasteiger partial charge in [-0.15, -0.1) is 0 Å². The van der Waals surface area contributed by atoms with Gasteiger partial charge in [0.25, 0.3) is 0 Å². The van der Waals surface area contributed by atoms with Crippen molar-refractivity contribution in [3.05, 3.63) is 17.0 Å². The van der Waals surface area contributed by atoms with Crippen molar-refractivity contribution in [1.82, 2.24) is 15.1 Å². The van der Waals surface area contributed by atoms with E-state index in [0.29, 0.717) is 6.54 Å². The van der Waals surface area contributed by atoms with Crippen LogP contribution < -0.4 is 5.32 Å². The normalized spacial score (nSPS) is 13.1. The molecule has 1 aromatic heterocycles. The van der Waals surface area contributed by atoms with Gasteiger partial charge < -0.3 is 10.4 Å². The van der Waals surface area contributed by atoms with Gasteiger partial charge in [-0.05, 0) is 20.3 Å². The number of rotatable bonds is 6. The highest BCUT2D eigenvalue weighted by atomic mass is 16.3. The maximum atomic E-state index is 9.59. The first-order chi connectivity index (χ1) is 7.56. The molecule has 0 radical (unpaired) electrons. The van der Waals surface area contributed by atoms with Crippen LogP contribution in [-0.4, -0.2) is 27.5 Å². The van der Waals surface area contributed by atoms with Crippen molar-refractivity contribution < 1.29 is 5.11 Å². The van der Waals surface area contributed by atoms with Crippen molar-refractivity contribution in [2.24, 2.45) is 7.05 Å². The summed E-state index contributed by atoms with van der Waals surface area (Å²) in [5, 5.41) is 17.2. The van der Waals surface area contributed by atoms with E-state index in [1.807, 2.05) is 18.7 Å². The van der Waals surface area contributed by atoms with Gasteiger partial charge in [0.2, 0.25) is 0 Å². The van der Waals surface area contributed by atoms with Crippen molar-refractivity contribution in [1.29, 1.82) is 0 Å². The highest BCUT2D eigenvalue weighted by Crippen LogP contribution is 2.11. The molecule has 1 unspecified atom stereocenters. The average Bonchev–Trinajstić information content (AvgIpc) is 2.45. The van der Waals surface area contributed by atoms with Crippen molar-refractivity contribution in [3.8, 4) is 0 Å². The smallest absolute Gasteiger partial charge is 0.0664 e. The number of hydrogen-bond donors (Lipinski definition) is 2. The Kier molecular flexibility index (Phi) is 4.96. The van der Waals surface area contributed by atoms with Gasteiger partial charge in [-0.25, -0.2) is 0 Å². The molecule has 16 heavy (non-hydrogen) atoms. The second kappa shape index (κ2) is 6.01. The summed E-state index contributed by atoms with van der Waals surface area (Å²) >= 11 is 0. The molecule has 0 saturated heterocycles. The Bertz CT molecular complexity index is 333. The number of aliphatic hydroxyl groups excluding tert-OH is 1. The summed E-state index contributed by atoms with van der Waals surface area (Å²) < 4.78 is 1.90. The van der Waals surface area contributed by atoms with E-state index in [1.165, 1.54) is 11.3 Å². The minimum atomic E-state index is -0.234. The van der Waals surface area contributed by atoms with Crippen molar-refractivity contribution in [2.75, 3.05) is 6.54 Å². The third-order valence-corrected chi connectivity index (χ3v) is 2.96. The first kappa shape index (κ1) is 13.2. The predicted octanol–water partition coefficient (Wildman–Crippen LogP) is 1.29. The topological polar surface area (TPSA) is 50.1 Å². The zero-order chi connectivity index (χ0) is 12.1. The number of hydrogen-bond acceptors (Lipinski definition) is 3. The van der Waals surface area contributed by atoms with E-state index in [0.717, 1.165) is 25.1 Å². The molecule has 1 atom stereocenters. The van der Waals surface area contributed by atoms with Gasteiger partial charge >= 0.3 is 0 Å². The first-order valence-electron chi connectivity index (χ1n) is 5.94. The average molecular weight is 225 g/mol. The third-order valence-electron chi connectivity index (χ3n) is 2.96. The molecule has 0 aromatic carbocycles.